The largest absolute Gasteiger partial charge is 0.399 e. The number of alkyl halides is 2. The van der Waals surface area contributed by atoms with Gasteiger partial charge in [-0.1, -0.05) is 11.6 Å². The number of benzene rings is 1. The molecule has 0 spiro atoms. The van der Waals surface area contributed by atoms with E-state index in [1.807, 2.05) is 0 Å². The number of hydrogen-bond donors (Lipinski definition) is 2. The van der Waals surface area contributed by atoms with Crippen molar-refractivity contribution in [1.29, 1.82) is 0 Å². The summed E-state index contributed by atoms with van der Waals surface area (Å²) in [6, 6.07) is 3.97. The number of likely N-dealkylation sites (N-methyl/N-ethyl adjacent to an activating group) is 1. The fourth-order valence-corrected chi connectivity index (χ4v) is 1.68. The predicted octanol–water partition coefficient (Wildman–Crippen LogP) is 2.45. The zero-order chi connectivity index (χ0) is 14.6. The van der Waals surface area contributed by atoms with Crippen molar-refractivity contribution in [1.82, 2.24) is 4.90 Å². The summed E-state index contributed by atoms with van der Waals surface area (Å²) in [5, 5.41) is 2.88. The lowest BCUT2D eigenvalue weighted by Crippen LogP contribution is -2.41. The van der Waals surface area contributed by atoms with Crippen LogP contribution in [0.15, 0.2) is 18.2 Å². The Labute approximate surface area is 115 Å². The first kappa shape index (κ1) is 15.7. The molecule has 0 saturated heterocycles. The number of amides is 1. The van der Waals surface area contributed by atoms with Crippen molar-refractivity contribution in [3.63, 3.8) is 0 Å². The maximum atomic E-state index is 12.2. The normalized spacial score (nSPS) is 12.8. The molecule has 1 rings (SSSR count). The highest BCUT2D eigenvalue weighted by Crippen LogP contribution is 2.24. The van der Waals surface area contributed by atoms with Gasteiger partial charge in [-0.2, -0.15) is 0 Å². The van der Waals surface area contributed by atoms with Crippen LogP contribution in [0.2, 0.25) is 5.02 Å². The van der Waals surface area contributed by atoms with Gasteiger partial charge < -0.3 is 11.1 Å². The third kappa shape index (κ3) is 4.65. The number of rotatable bonds is 5. The van der Waals surface area contributed by atoms with E-state index < -0.39 is 24.9 Å². The SMILES string of the molecule is CC(C(=O)Nc1ccc(N)cc1Cl)N(C)CC(F)F. The van der Waals surface area contributed by atoms with Crippen LogP contribution >= 0.6 is 11.6 Å². The minimum atomic E-state index is -2.49. The van der Waals surface area contributed by atoms with Crippen molar-refractivity contribution >= 4 is 28.9 Å². The Balaban J connectivity index is 2.68. The van der Waals surface area contributed by atoms with E-state index in [1.165, 1.54) is 18.0 Å². The average Bonchev–Trinajstić information content (AvgIpc) is 2.30. The molecule has 0 aromatic heterocycles. The second kappa shape index (κ2) is 6.68. The van der Waals surface area contributed by atoms with E-state index in [0.717, 1.165) is 0 Å². The molecule has 3 N–H and O–H groups in total. The maximum Gasteiger partial charge on any atom is 0.251 e. The van der Waals surface area contributed by atoms with Crippen LogP contribution in [0.5, 0.6) is 0 Å². The Kier molecular flexibility index (Phi) is 5.50. The van der Waals surface area contributed by atoms with Crippen LogP contribution in [0.25, 0.3) is 0 Å². The van der Waals surface area contributed by atoms with Crippen LogP contribution in [-0.4, -0.2) is 36.9 Å². The maximum absolute atomic E-state index is 12.2. The highest BCUT2D eigenvalue weighted by molar-refractivity contribution is 6.34. The molecule has 7 heteroatoms. The van der Waals surface area contributed by atoms with Gasteiger partial charge in [0.15, 0.2) is 0 Å². The van der Waals surface area contributed by atoms with Crippen LogP contribution < -0.4 is 11.1 Å². The van der Waals surface area contributed by atoms with Crippen molar-refractivity contribution in [2.45, 2.75) is 19.4 Å². The summed E-state index contributed by atoms with van der Waals surface area (Å²) < 4.78 is 24.5. The van der Waals surface area contributed by atoms with Gasteiger partial charge in [0.2, 0.25) is 5.91 Å². The number of carbonyl (C=O) groups excluding carboxylic acids is 1. The van der Waals surface area contributed by atoms with E-state index in [4.69, 9.17) is 17.3 Å². The Morgan fingerprint density at radius 2 is 2.16 bits per heavy atom. The summed E-state index contributed by atoms with van der Waals surface area (Å²) in [6.07, 6.45) is -2.49. The molecule has 0 heterocycles. The Morgan fingerprint density at radius 1 is 1.53 bits per heavy atom. The summed E-state index contributed by atoms with van der Waals surface area (Å²) in [6.45, 7) is 1.08. The molecule has 1 aromatic carbocycles. The van der Waals surface area contributed by atoms with Crippen LogP contribution in [-0.2, 0) is 4.79 Å². The summed E-state index contributed by atoms with van der Waals surface area (Å²) in [7, 11) is 1.46. The minimum Gasteiger partial charge on any atom is -0.399 e. The number of nitrogens with one attached hydrogen (secondary N) is 1. The Morgan fingerprint density at radius 3 is 2.68 bits per heavy atom. The molecule has 0 fully saturated rings. The molecule has 1 aromatic rings. The van der Waals surface area contributed by atoms with Gasteiger partial charge >= 0.3 is 0 Å². The summed E-state index contributed by atoms with van der Waals surface area (Å²) >= 11 is 5.91. The van der Waals surface area contributed by atoms with Crippen molar-refractivity contribution < 1.29 is 13.6 Å². The second-order valence-corrected chi connectivity index (χ2v) is 4.64. The molecule has 0 aliphatic carbocycles. The third-order valence-corrected chi connectivity index (χ3v) is 3.03. The lowest BCUT2D eigenvalue weighted by molar-refractivity contribution is -0.120. The lowest BCUT2D eigenvalue weighted by atomic mass is 10.2. The van der Waals surface area contributed by atoms with E-state index >= 15 is 0 Å². The zero-order valence-electron chi connectivity index (χ0n) is 10.7. The van der Waals surface area contributed by atoms with Crippen molar-refractivity contribution in [2.75, 3.05) is 24.6 Å². The molecule has 4 nitrogen and oxygen atoms in total. The smallest absolute Gasteiger partial charge is 0.251 e. The topological polar surface area (TPSA) is 58.4 Å². The van der Waals surface area contributed by atoms with Gasteiger partial charge in [0, 0.05) is 5.69 Å². The van der Waals surface area contributed by atoms with Crippen molar-refractivity contribution in [2.24, 2.45) is 0 Å². The highest BCUT2D eigenvalue weighted by atomic mass is 35.5. The first-order chi connectivity index (χ1) is 8.81. The molecule has 0 aliphatic rings. The number of hydrogen-bond acceptors (Lipinski definition) is 3. The first-order valence-corrected chi connectivity index (χ1v) is 6.03. The van der Waals surface area contributed by atoms with Crippen molar-refractivity contribution in [3.05, 3.63) is 23.2 Å². The molecule has 0 radical (unpaired) electrons. The molecular weight excluding hydrogens is 276 g/mol. The van der Waals surface area contributed by atoms with Crippen LogP contribution in [0.1, 0.15) is 6.92 Å². The lowest BCUT2D eigenvalue weighted by Gasteiger charge is -2.23. The van der Waals surface area contributed by atoms with Gasteiger partial charge in [0.25, 0.3) is 6.43 Å². The monoisotopic (exact) mass is 291 g/mol. The zero-order valence-corrected chi connectivity index (χ0v) is 11.4. The van der Waals surface area contributed by atoms with E-state index in [-0.39, 0.29) is 0 Å². The van der Waals surface area contributed by atoms with Crippen LogP contribution in [0.4, 0.5) is 20.2 Å². The van der Waals surface area contributed by atoms with Crippen LogP contribution in [0, 0.1) is 0 Å². The molecule has 1 unspecified atom stereocenters. The Hall–Kier alpha value is -1.40. The van der Waals surface area contributed by atoms with Gasteiger partial charge in [-0.3, -0.25) is 9.69 Å². The highest BCUT2D eigenvalue weighted by Gasteiger charge is 2.21. The third-order valence-electron chi connectivity index (χ3n) is 2.72. The molecule has 0 saturated carbocycles. The number of nitrogen functional groups attached to an aromatic ring is 1. The summed E-state index contributed by atoms with van der Waals surface area (Å²) in [4.78, 5) is 13.2. The molecule has 1 atom stereocenters. The van der Waals surface area contributed by atoms with E-state index in [2.05, 4.69) is 5.32 Å². The van der Waals surface area contributed by atoms with Gasteiger partial charge in [0.1, 0.15) is 0 Å². The number of nitrogens with zero attached hydrogens (tertiary/aromatic N) is 1. The van der Waals surface area contributed by atoms with E-state index in [0.29, 0.717) is 16.4 Å². The quantitative estimate of drug-likeness (QED) is 0.819. The fraction of sp³-hybridized carbons (Fsp3) is 0.417. The number of halogens is 3. The van der Waals surface area contributed by atoms with Crippen molar-refractivity contribution in [3.8, 4) is 0 Å². The number of carbonyl (C=O) groups is 1. The predicted molar refractivity (Wildman–Crippen MR) is 72.6 cm³/mol. The fourth-order valence-electron chi connectivity index (χ4n) is 1.45. The van der Waals surface area contributed by atoms with E-state index in [9.17, 15) is 13.6 Å². The second-order valence-electron chi connectivity index (χ2n) is 4.24. The first-order valence-electron chi connectivity index (χ1n) is 5.65. The van der Waals surface area contributed by atoms with E-state index in [1.54, 1.807) is 19.1 Å². The molecule has 1 amide bonds. The number of anilines is 2. The molecular formula is C12H16ClF2N3O. The van der Waals surface area contributed by atoms with Gasteiger partial charge in [0.05, 0.1) is 23.3 Å². The molecule has 0 bridgehead atoms. The molecule has 106 valence electrons. The Bertz CT molecular complexity index is 457. The number of nitrogens with two attached hydrogens (primary N) is 1. The summed E-state index contributed by atoms with van der Waals surface area (Å²) in [5.41, 5.74) is 6.41. The minimum absolute atomic E-state index is 0.303. The molecule has 0 aliphatic heterocycles. The van der Waals surface area contributed by atoms with Gasteiger partial charge in [-0.25, -0.2) is 8.78 Å². The average molecular weight is 292 g/mol. The van der Waals surface area contributed by atoms with Gasteiger partial charge in [-0.05, 0) is 32.2 Å². The van der Waals surface area contributed by atoms with Gasteiger partial charge in [-0.15, -0.1) is 0 Å². The summed E-state index contributed by atoms with van der Waals surface area (Å²) in [5.74, 6) is -0.408. The van der Waals surface area contributed by atoms with Crippen LogP contribution in [0.3, 0.4) is 0 Å². The molecule has 19 heavy (non-hydrogen) atoms. The standard InChI is InChI=1S/C12H16ClF2N3O/c1-7(18(2)6-11(14)15)12(19)17-10-4-3-8(16)5-9(10)13/h3-5,7,11H,6,16H2,1-2H3,(H,17,19).